The van der Waals surface area contributed by atoms with Crippen LogP contribution in [0.15, 0.2) is 11.1 Å². The monoisotopic (exact) mass is 254 g/mol. The van der Waals surface area contributed by atoms with E-state index in [1.807, 2.05) is 0 Å². The van der Waals surface area contributed by atoms with Gasteiger partial charge in [0.05, 0.1) is 0 Å². The van der Waals surface area contributed by atoms with Gasteiger partial charge in [0.15, 0.2) is 0 Å². The number of aliphatic hydroxyl groups is 1. The molecule has 1 atom stereocenters. The first kappa shape index (κ1) is 15.2. The number of hydrogen-bond acceptors (Lipinski definition) is 3. The minimum Gasteiger partial charge on any atom is -0.426 e. The van der Waals surface area contributed by atoms with Crippen molar-refractivity contribution in [3.05, 3.63) is 11.1 Å². The smallest absolute Gasteiger partial charge is 0.336 e. The molecule has 1 aliphatic rings. The molecule has 1 rings (SSSR count). The van der Waals surface area contributed by atoms with Crippen LogP contribution in [0.3, 0.4) is 0 Å². The number of carbonyl (C=O) groups is 1. The predicted octanol–water partition coefficient (Wildman–Crippen LogP) is 3.71. The summed E-state index contributed by atoms with van der Waals surface area (Å²) in [7, 11) is 0. The molecule has 0 fully saturated rings. The van der Waals surface area contributed by atoms with Gasteiger partial charge in [-0.25, -0.2) is 4.79 Å². The molecule has 3 nitrogen and oxygen atoms in total. The normalized spacial score (nSPS) is 23.7. The second-order valence-electron chi connectivity index (χ2n) is 5.30. The molecular weight excluding hydrogens is 228 g/mol. The summed E-state index contributed by atoms with van der Waals surface area (Å²) in [6.07, 6.45) is 8.85. The van der Waals surface area contributed by atoms with Crippen LogP contribution in [0.2, 0.25) is 0 Å². The second-order valence-corrected chi connectivity index (χ2v) is 5.30. The zero-order valence-corrected chi connectivity index (χ0v) is 11.9. The lowest BCUT2D eigenvalue weighted by atomic mass is 9.98. The summed E-state index contributed by atoms with van der Waals surface area (Å²) in [5.41, 5.74) is 1.24. The summed E-state index contributed by atoms with van der Waals surface area (Å²) in [6, 6.07) is 0. The molecule has 18 heavy (non-hydrogen) atoms. The molecule has 0 saturated heterocycles. The molecule has 0 aromatic carbocycles. The Morgan fingerprint density at radius 3 is 2.11 bits per heavy atom. The maximum Gasteiger partial charge on any atom is 0.336 e. The maximum atomic E-state index is 11.4. The first-order valence-corrected chi connectivity index (χ1v) is 7.15. The van der Waals surface area contributed by atoms with Gasteiger partial charge in [0.2, 0.25) is 5.79 Å². The van der Waals surface area contributed by atoms with Crippen LogP contribution in [0.5, 0.6) is 0 Å². The van der Waals surface area contributed by atoms with Crippen molar-refractivity contribution >= 4 is 5.97 Å². The Morgan fingerprint density at radius 2 is 1.61 bits per heavy atom. The van der Waals surface area contributed by atoms with Crippen molar-refractivity contribution in [3.63, 3.8) is 0 Å². The van der Waals surface area contributed by atoms with E-state index in [1.54, 1.807) is 13.8 Å². The Bertz CT molecular complexity index is 320. The number of cyclic esters (lactones) is 1. The van der Waals surface area contributed by atoms with Crippen LogP contribution in [0.25, 0.3) is 0 Å². The van der Waals surface area contributed by atoms with E-state index in [0.29, 0.717) is 17.6 Å². The van der Waals surface area contributed by atoms with Gasteiger partial charge in [-0.15, -0.1) is 0 Å². The zero-order chi connectivity index (χ0) is 13.6. The molecule has 1 aliphatic heterocycles. The van der Waals surface area contributed by atoms with Gasteiger partial charge in [0.1, 0.15) is 0 Å². The van der Waals surface area contributed by atoms with Gasteiger partial charge in [0, 0.05) is 17.6 Å². The molecule has 1 N–H and O–H groups in total. The molecule has 0 radical (unpaired) electrons. The number of carbonyl (C=O) groups excluding carboxylic acids is 1. The Morgan fingerprint density at radius 1 is 1.06 bits per heavy atom. The van der Waals surface area contributed by atoms with E-state index in [-0.39, 0.29) is 5.97 Å². The van der Waals surface area contributed by atoms with E-state index in [9.17, 15) is 9.90 Å². The van der Waals surface area contributed by atoms with Crippen molar-refractivity contribution < 1.29 is 14.6 Å². The van der Waals surface area contributed by atoms with E-state index < -0.39 is 5.79 Å². The highest BCUT2D eigenvalue weighted by molar-refractivity contribution is 5.91. The lowest BCUT2D eigenvalue weighted by Gasteiger charge is -2.23. The topological polar surface area (TPSA) is 46.5 Å². The van der Waals surface area contributed by atoms with Crippen LogP contribution in [-0.4, -0.2) is 16.9 Å². The van der Waals surface area contributed by atoms with Crippen LogP contribution in [0, 0.1) is 0 Å². The van der Waals surface area contributed by atoms with E-state index in [2.05, 4.69) is 6.92 Å². The minimum absolute atomic E-state index is 0.377. The average Bonchev–Trinajstić information content (AvgIpc) is 2.53. The third-order valence-electron chi connectivity index (χ3n) is 3.84. The zero-order valence-electron chi connectivity index (χ0n) is 11.9. The van der Waals surface area contributed by atoms with Gasteiger partial charge in [-0.1, -0.05) is 45.4 Å². The van der Waals surface area contributed by atoms with Crippen molar-refractivity contribution in [1.82, 2.24) is 0 Å². The summed E-state index contributed by atoms with van der Waals surface area (Å²) in [5, 5.41) is 10.2. The highest BCUT2D eigenvalue weighted by Gasteiger charge is 2.41. The van der Waals surface area contributed by atoms with Gasteiger partial charge < -0.3 is 9.84 Å². The Balaban J connectivity index is 2.22. The number of esters is 1. The fourth-order valence-corrected chi connectivity index (χ4v) is 2.31. The van der Waals surface area contributed by atoms with E-state index in [0.717, 1.165) is 12.8 Å². The van der Waals surface area contributed by atoms with E-state index in [1.165, 1.54) is 32.1 Å². The fourth-order valence-electron chi connectivity index (χ4n) is 2.31. The van der Waals surface area contributed by atoms with Gasteiger partial charge >= 0.3 is 5.97 Å². The molecular formula is C15H26O3. The molecule has 1 unspecified atom stereocenters. The lowest BCUT2D eigenvalue weighted by Crippen LogP contribution is -2.30. The van der Waals surface area contributed by atoms with Gasteiger partial charge in [-0.2, -0.15) is 0 Å². The van der Waals surface area contributed by atoms with Crippen LogP contribution < -0.4 is 0 Å². The summed E-state index contributed by atoms with van der Waals surface area (Å²) in [6.45, 7) is 5.70. The summed E-state index contributed by atoms with van der Waals surface area (Å²) < 4.78 is 5.06. The van der Waals surface area contributed by atoms with Crippen LogP contribution in [0.4, 0.5) is 0 Å². The molecule has 0 saturated carbocycles. The summed E-state index contributed by atoms with van der Waals surface area (Å²) >= 11 is 0. The quantitative estimate of drug-likeness (QED) is 0.530. The Hall–Kier alpha value is -0.830. The number of ether oxygens (including phenoxy) is 1. The third kappa shape index (κ3) is 3.84. The summed E-state index contributed by atoms with van der Waals surface area (Å²) in [5.74, 6) is -1.71. The molecule has 0 aromatic rings. The van der Waals surface area contributed by atoms with Crippen molar-refractivity contribution in [3.8, 4) is 0 Å². The second kappa shape index (κ2) is 6.93. The molecule has 0 spiro atoms. The third-order valence-corrected chi connectivity index (χ3v) is 3.84. The number of unbranched alkanes of at least 4 members (excludes halogenated alkanes) is 6. The lowest BCUT2D eigenvalue weighted by molar-refractivity contribution is -0.183. The van der Waals surface area contributed by atoms with Crippen molar-refractivity contribution in [2.45, 2.75) is 77.9 Å². The van der Waals surface area contributed by atoms with Crippen LogP contribution in [-0.2, 0) is 9.53 Å². The molecule has 0 aliphatic carbocycles. The Kier molecular flexibility index (Phi) is 5.86. The molecule has 0 aromatic heterocycles. The molecule has 3 heteroatoms. The predicted molar refractivity (Wildman–Crippen MR) is 72.0 cm³/mol. The Labute approximate surface area is 110 Å². The fraction of sp³-hybridized carbons (Fsp3) is 0.800. The number of hydrogen-bond donors (Lipinski definition) is 1. The molecule has 1 heterocycles. The van der Waals surface area contributed by atoms with Crippen LogP contribution >= 0.6 is 0 Å². The number of rotatable bonds is 8. The minimum atomic E-state index is -1.33. The van der Waals surface area contributed by atoms with E-state index in [4.69, 9.17) is 4.74 Å². The molecule has 104 valence electrons. The first-order chi connectivity index (χ1) is 8.51. The highest BCUT2D eigenvalue weighted by atomic mass is 16.7. The maximum absolute atomic E-state index is 11.4. The van der Waals surface area contributed by atoms with Gasteiger partial charge in [-0.05, 0) is 20.3 Å². The first-order valence-electron chi connectivity index (χ1n) is 7.15. The van der Waals surface area contributed by atoms with Crippen molar-refractivity contribution in [2.75, 3.05) is 0 Å². The standard InChI is InChI=1S/C15H26O3/c1-4-5-6-7-8-9-10-11-15(17)13(3)12(2)14(16)18-15/h17H,4-11H2,1-3H3. The van der Waals surface area contributed by atoms with Crippen LogP contribution in [0.1, 0.15) is 72.1 Å². The summed E-state index contributed by atoms with van der Waals surface area (Å²) in [4.78, 5) is 11.4. The van der Waals surface area contributed by atoms with Crippen molar-refractivity contribution in [2.24, 2.45) is 0 Å². The SMILES string of the molecule is CCCCCCCCCC1(O)OC(=O)C(C)=C1C. The molecule has 0 bridgehead atoms. The van der Waals surface area contributed by atoms with Gasteiger partial charge in [0.25, 0.3) is 0 Å². The average molecular weight is 254 g/mol. The largest absolute Gasteiger partial charge is 0.426 e. The van der Waals surface area contributed by atoms with E-state index >= 15 is 0 Å². The highest BCUT2D eigenvalue weighted by Crippen LogP contribution is 2.34. The molecule has 0 amide bonds. The van der Waals surface area contributed by atoms with Crippen molar-refractivity contribution in [1.29, 1.82) is 0 Å². The van der Waals surface area contributed by atoms with Gasteiger partial charge in [-0.3, -0.25) is 0 Å².